The van der Waals surface area contributed by atoms with E-state index < -0.39 is 0 Å². The van der Waals surface area contributed by atoms with Gasteiger partial charge >= 0.3 is 0 Å². The molecule has 0 aromatic rings. The van der Waals surface area contributed by atoms with Crippen molar-refractivity contribution in [2.45, 2.75) is 39.0 Å². The van der Waals surface area contributed by atoms with Crippen molar-refractivity contribution in [2.24, 2.45) is 5.92 Å². The molecule has 1 heterocycles. The van der Waals surface area contributed by atoms with E-state index in [1.54, 1.807) is 0 Å². The van der Waals surface area contributed by atoms with Crippen LogP contribution in [-0.2, 0) is 4.74 Å². The summed E-state index contributed by atoms with van der Waals surface area (Å²) < 4.78 is 5.52. The minimum Gasteiger partial charge on any atom is -0.381 e. The van der Waals surface area contributed by atoms with Crippen LogP contribution >= 0.6 is 0 Å². The fourth-order valence-electron chi connectivity index (χ4n) is 2.42. The van der Waals surface area contributed by atoms with Crippen molar-refractivity contribution in [1.29, 1.82) is 0 Å². The molecular weight excluding hydrogens is 212 g/mol. The molecule has 102 valence electrons. The monoisotopic (exact) mass is 242 g/mol. The van der Waals surface area contributed by atoms with E-state index in [1.807, 2.05) is 0 Å². The van der Waals surface area contributed by atoms with E-state index >= 15 is 0 Å². The Bertz CT molecular complexity index is 170. The van der Waals surface area contributed by atoms with Crippen LogP contribution in [0.4, 0.5) is 0 Å². The molecule has 0 saturated carbocycles. The minimum atomic E-state index is 0.770. The number of nitrogens with zero attached hydrogens (tertiary/aromatic N) is 1. The number of nitrogens with one attached hydrogen (secondary N) is 1. The number of rotatable bonds is 9. The molecule has 1 aliphatic rings. The van der Waals surface area contributed by atoms with E-state index in [9.17, 15) is 0 Å². The molecule has 0 aromatic carbocycles. The Morgan fingerprint density at radius 3 is 2.88 bits per heavy atom. The average molecular weight is 242 g/mol. The predicted octanol–water partition coefficient (Wildman–Crippen LogP) is 2.12. The summed E-state index contributed by atoms with van der Waals surface area (Å²) in [6.45, 7) is 8.94. The molecule has 0 amide bonds. The third kappa shape index (κ3) is 7.74. The lowest BCUT2D eigenvalue weighted by molar-refractivity contribution is 0.0419. The second-order valence-electron chi connectivity index (χ2n) is 5.30. The molecule has 0 spiro atoms. The van der Waals surface area contributed by atoms with E-state index in [2.05, 4.69) is 24.2 Å². The zero-order valence-electron chi connectivity index (χ0n) is 11.7. The lowest BCUT2D eigenvalue weighted by Crippen LogP contribution is -2.31. The highest BCUT2D eigenvalue weighted by molar-refractivity contribution is 4.67. The summed E-state index contributed by atoms with van der Waals surface area (Å²) in [7, 11) is 2.24. The third-order valence-corrected chi connectivity index (χ3v) is 3.39. The minimum absolute atomic E-state index is 0.770. The summed E-state index contributed by atoms with van der Waals surface area (Å²) in [5, 5.41) is 3.45. The van der Waals surface area contributed by atoms with E-state index in [0.29, 0.717) is 0 Å². The molecule has 1 rings (SSSR count). The molecule has 3 nitrogen and oxygen atoms in total. The number of ether oxygens (including phenoxy) is 1. The maximum Gasteiger partial charge on any atom is 0.0506 e. The summed E-state index contributed by atoms with van der Waals surface area (Å²) in [5.41, 5.74) is 0. The number of unbranched alkanes of at least 4 members (excludes halogenated alkanes) is 1. The van der Waals surface area contributed by atoms with Gasteiger partial charge in [-0.3, -0.25) is 0 Å². The Morgan fingerprint density at radius 1 is 1.29 bits per heavy atom. The van der Waals surface area contributed by atoms with Crippen LogP contribution in [0, 0.1) is 5.92 Å². The van der Waals surface area contributed by atoms with E-state index in [-0.39, 0.29) is 0 Å². The lowest BCUT2D eigenvalue weighted by Gasteiger charge is -2.27. The number of hydrogen-bond acceptors (Lipinski definition) is 3. The Hall–Kier alpha value is -0.120. The molecule has 0 bridgehead atoms. The van der Waals surface area contributed by atoms with E-state index in [4.69, 9.17) is 4.74 Å². The Kier molecular flexibility index (Phi) is 8.67. The normalized spacial score (nSPS) is 21.0. The first-order valence-corrected chi connectivity index (χ1v) is 7.30. The maximum absolute atomic E-state index is 5.52. The van der Waals surface area contributed by atoms with Gasteiger partial charge in [0.05, 0.1) is 6.61 Å². The first-order chi connectivity index (χ1) is 8.33. The van der Waals surface area contributed by atoms with Gasteiger partial charge < -0.3 is 15.0 Å². The molecule has 0 aliphatic carbocycles. The molecule has 1 saturated heterocycles. The van der Waals surface area contributed by atoms with Crippen LogP contribution in [0.15, 0.2) is 0 Å². The van der Waals surface area contributed by atoms with Gasteiger partial charge in [0, 0.05) is 13.2 Å². The highest BCUT2D eigenvalue weighted by Crippen LogP contribution is 2.14. The molecule has 0 aromatic heterocycles. The summed E-state index contributed by atoms with van der Waals surface area (Å²) in [5.74, 6) is 0.770. The largest absolute Gasteiger partial charge is 0.381 e. The van der Waals surface area contributed by atoms with Crippen molar-refractivity contribution in [1.82, 2.24) is 10.2 Å². The number of hydrogen-bond donors (Lipinski definition) is 1. The van der Waals surface area contributed by atoms with Crippen molar-refractivity contribution >= 4 is 0 Å². The summed E-state index contributed by atoms with van der Waals surface area (Å²) in [6.07, 6.45) is 6.44. The molecule has 1 unspecified atom stereocenters. The van der Waals surface area contributed by atoms with Gasteiger partial charge in [-0.15, -0.1) is 0 Å². The Morgan fingerprint density at radius 2 is 2.18 bits per heavy atom. The van der Waals surface area contributed by atoms with Crippen molar-refractivity contribution < 1.29 is 4.74 Å². The van der Waals surface area contributed by atoms with Gasteiger partial charge in [0.2, 0.25) is 0 Å². The molecule has 3 heteroatoms. The second kappa shape index (κ2) is 9.86. The van der Waals surface area contributed by atoms with Crippen LogP contribution in [-0.4, -0.2) is 51.3 Å². The van der Waals surface area contributed by atoms with Crippen LogP contribution in [0.1, 0.15) is 39.0 Å². The molecule has 1 aliphatic heterocycles. The van der Waals surface area contributed by atoms with Crippen molar-refractivity contribution in [2.75, 3.05) is 46.4 Å². The van der Waals surface area contributed by atoms with Gasteiger partial charge in [-0.05, 0) is 64.7 Å². The molecule has 1 N–H and O–H groups in total. The van der Waals surface area contributed by atoms with Crippen LogP contribution in [0.3, 0.4) is 0 Å². The molecular formula is C14H30N2O. The topological polar surface area (TPSA) is 24.5 Å². The zero-order chi connectivity index (χ0) is 12.3. The quantitative estimate of drug-likeness (QED) is 0.627. The SMILES string of the molecule is CCCNCCCCN(C)CC1CCCOC1. The average Bonchev–Trinajstić information content (AvgIpc) is 2.35. The van der Waals surface area contributed by atoms with Crippen molar-refractivity contribution in [3.05, 3.63) is 0 Å². The Labute approximate surface area is 107 Å². The van der Waals surface area contributed by atoms with Gasteiger partial charge in [-0.1, -0.05) is 6.92 Å². The molecule has 1 fully saturated rings. The Balaban J connectivity index is 1.91. The van der Waals surface area contributed by atoms with Gasteiger partial charge in [0.25, 0.3) is 0 Å². The van der Waals surface area contributed by atoms with Gasteiger partial charge in [0.15, 0.2) is 0 Å². The summed E-state index contributed by atoms with van der Waals surface area (Å²) >= 11 is 0. The van der Waals surface area contributed by atoms with Gasteiger partial charge in [0.1, 0.15) is 0 Å². The standard InChI is InChI=1S/C14H30N2O/c1-3-8-15-9-4-5-10-16(2)12-14-7-6-11-17-13-14/h14-15H,3-13H2,1-2H3. The predicted molar refractivity (Wildman–Crippen MR) is 73.4 cm³/mol. The smallest absolute Gasteiger partial charge is 0.0506 e. The van der Waals surface area contributed by atoms with Gasteiger partial charge in [-0.25, -0.2) is 0 Å². The third-order valence-electron chi connectivity index (χ3n) is 3.39. The van der Waals surface area contributed by atoms with Crippen molar-refractivity contribution in [3.8, 4) is 0 Å². The zero-order valence-corrected chi connectivity index (χ0v) is 11.7. The molecule has 1 atom stereocenters. The highest BCUT2D eigenvalue weighted by Gasteiger charge is 2.15. The van der Waals surface area contributed by atoms with E-state index in [0.717, 1.165) is 25.7 Å². The van der Waals surface area contributed by atoms with Crippen LogP contribution in [0.25, 0.3) is 0 Å². The van der Waals surface area contributed by atoms with Gasteiger partial charge in [-0.2, -0.15) is 0 Å². The first-order valence-electron chi connectivity index (χ1n) is 7.30. The fraction of sp³-hybridized carbons (Fsp3) is 1.00. The van der Waals surface area contributed by atoms with Crippen LogP contribution in [0.2, 0.25) is 0 Å². The van der Waals surface area contributed by atoms with Crippen LogP contribution < -0.4 is 5.32 Å². The first kappa shape index (κ1) is 14.9. The molecule has 17 heavy (non-hydrogen) atoms. The maximum atomic E-state index is 5.52. The molecule has 0 radical (unpaired) electrons. The van der Waals surface area contributed by atoms with Crippen LogP contribution in [0.5, 0.6) is 0 Å². The second-order valence-corrected chi connectivity index (χ2v) is 5.30. The fourth-order valence-corrected chi connectivity index (χ4v) is 2.42. The summed E-state index contributed by atoms with van der Waals surface area (Å²) in [6, 6.07) is 0. The van der Waals surface area contributed by atoms with E-state index in [1.165, 1.54) is 51.7 Å². The van der Waals surface area contributed by atoms with Crippen molar-refractivity contribution in [3.63, 3.8) is 0 Å². The summed E-state index contributed by atoms with van der Waals surface area (Å²) in [4.78, 5) is 2.47. The highest BCUT2D eigenvalue weighted by atomic mass is 16.5. The lowest BCUT2D eigenvalue weighted by atomic mass is 10.0.